The van der Waals surface area contributed by atoms with Crippen molar-refractivity contribution in [2.75, 3.05) is 0 Å². The van der Waals surface area contributed by atoms with Crippen LogP contribution in [-0.4, -0.2) is 14.9 Å². The van der Waals surface area contributed by atoms with Gasteiger partial charge in [-0.1, -0.05) is 0 Å². The van der Waals surface area contributed by atoms with E-state index in [0.717, 1.165) is 4.88 Å². The quantitative estimate of drug-likeness (QED) is 0.759. The fraction of sp³-hybridized carbons (Fsp3) is 0.182. The van der Waals surface area contributed by atoms with E-state index in [-0.39, 0.29) is 0 Å². The standard InChI is InChI=1S/C11H10N2OS2/c1-13-4-2-7(12-13)11(14)10-6-9-8(16-10)3-5-15-9/h2-6,11,14H,1H3. The van der Waals surface area contributed by atoms with Crippen molar-refractivity contribution in [3.05, 3.63) is 40.3 Å². The largest absolute Gasteiger partial charge is 0.381 e. The molecule has 0 saturated carbocycles. The molecule has 82 valence electrons. The van der Waals surface area contributed by atoms with Gasteiger partial charge in [0.1, 0.15) is 6.10 Å². The maximum atomic E-state index is 10.2. The Morgan fingerprint density at radius 1 is 1.38 bits per heavy atom. The molecule has 0 aromatic carbocycles. The molecule has 1 unspecified atom stereocenters. The van der Waals surface area contributed by atoms with Crippen LogP contribution in [0.15, 0.2) is 29.8 Å². The number of aromatic nitrogens is 2. The fourth-order valence-corrected chi connectivity index (χ4v) is 3.76. The average Bonchev–Trinajstić information content (AvgIpc) is 2.89. The maximum Gasteiger partial charge on any atom is 0.132 e. The molecule has 1 N–H and O–H groups in total. The predicted octanol–water partition coefficient (Wildman–Crippen LogP) is 2.78. The summed E-state index contributed by atoms with van der Waals surface area (Å²) in [5.41, 5.74) is 0.705. The summed E-state index contributed by atoms with van der Waals surface area (Å²) in [6.07, 6.45) is 1.24. The van der Waals surface area contributed by atoms with Gasteiger partial charge in [-0.2, -0.15) is 5.10 Å². The second-order valence-corrected chi connectivity index (χ2v) is 5.68. The predicted molar refractivity (Wildman–Crippen MR) is 67.0 cm³/mol. The number of aliphatic hydroxyl groups excluding tert-OH is 1. The van der Waals surface area contributed by atoms with Crippen LogP contribution in [0.25, 0.3) is 9.40 Å². The van der Waals surface area contributed by atoms with E-state index in [4.69, 9.17) is 0 Å². The van der Waals surface area contributed by atoms with Gasteiger partial charge < -0.3 is 5.11 Å². The Balaban J connectivity index is 2.00. The van der Waals surface area contributed by atoms with Crippen molar-refractivity contribution in [3.63, 3.8) is 0 Å². The highest BCUT2D eigenvalue weighted by Gasteiger charge is 2.16. The molecule has 3 aromatic heterocycles. The van der Waals surface area contributed by atoms with Gasteiger partial charge >= 0.3 is 0 Å². The fourth-order valence-electron chi connectivity index (χ4n) is 1.64. The summed E-state index contributed by atoms with van der Waals surface area (Å²) < 4.78 is 4.17. The van der Waals surface area contributed by atoms with Crippen molar-refractivity contribution >= 4 is 32.1 Å². The minimum Gasteiger partial charge on any atom is -0.381 e. The van der Waals surface area contributed by atoms with E-state index < -0.39 is 6.10 Å². The molecule has 0 spiro atoms. The molecule has 0 aliphatic rings. The van der Waals surface area contributed by atoms with Crippen LogP contribution in [0.1, 0.15) is 16.7 Å². The molecule has 1 atom stereocenters. The molecule has 16 heavy (non-hydrogen) atoms. The first kappa shape index (κ1) is 10.0. The lowest BCUT2D eigenvalue weighted by molar-refractivity contribution is 0.218. The summed E-state index contributed by atoms with van der Waals surface area (Å²) in [6, 6.07) is 5.97. The van der Waals surface area contributed by atoms with Gasteiger partial charge in [-0.25, -0.2) is 0 Å². The first-order chi connectivity index (χ1) is 7.74. The van der Waals surface area contributed by atoms with Gasteiger partial charge in [0.05, 0.1) is 5.69 Å². The van der Waals surface area contributed by atoms with Gasteiger partial charge in [-0.3, -0.25) is 4.68 Å². The minimum atomic E-state index is -0.606. The zero-order chi connectivity index (χ0) is 11.1. The lowest BCUT2D eigenvalue weighted by Crippen LogP contribution is -1.99. The third-order valence-electron chi connectivity index (χ3n) is 2.44. The van der Waals surface area contributed by atoms with Crippen LogP contribution >= 0.6 is 22.7 Å². The third-order valence-corrected chi connectivity index (χ3v) is 4.59. The molecule has 0 aliphatic heterocycles. The van der Waals surface area contributed by atoms with Crippen LogP contribution in [0.5, 0.6) is 0 Å². The molecule has 0 bridgehead atoms. The molecule has 0 aliphatic carbocycles. The molecule has 0 fully saturated rings. The van der Waals surface area contributed by atoms with Crippen molar-refractivity contribution in [2.45, 2.75) is 6.10 Å². The van der Waals surface area contributed by atoms with Crippen molar-refractivity contribution in [3.8, 4) is 0 Å². The smallest absolute Gasteiger partial charge is 0.132 e. The molecular formula is C11H10N2OS2. The van der Waals surface area contributed by atoms with E-state index in [1.54, 1.807) is 27.4 Å². The topological polar surface area (TPSA) is 38.0 Å². The molecule has 3 nitrogen and oxygen atoms in total. The number of aryl methyl sites for hydroxylation is 1. The number of hydrogen-bond acceptors (Lipinski definition) is 4. The van der Waals surface area contributed by atoms with Gasteiger partial charge in [0.15, 0.2) is 0 Å². The molecule has 0 amide bonds. The van der Waals surface area contributed by atoms with Crippen molar-refractivity contribution in [1.82, 2.24) is 9.78 Å². The summed E-state index contributed by atoms with van der Waals surface area (Å²) in [4.78, 5) is 0.959. The number of rotatable bonds is 2. The van der Waals surface area contributed by atoms with Gasteiger partial charge in [0, 0.05) is 27.5 Å². The average molecular weight is 250 g/mol. The Bertz CT molecular complexity index is 594. The van der Waals surface area contributed by atoms with Crippen LogP contribution in [0.3, 0.4) is 0 Å². The molecule has 3 rings (SSSR count). The zero-order valence-electron chi connectivity index (χ0n) is 8.62. The Hall–Kier alpha value is -1.17. The maximum absolute atomic E-state index is 10.2. The van der Waals surface area contributed by atoms with Gasteiger partial charge in [-0.05, 0) is 23.6 Å². The molecule has 3 heterocycles. The Labute approximate surface area is 101 Å². The van der Waals surface area contributed by atoms with E-state index in [1.165, 1.54) is 9.40 Å². The number of nitrogens with zero attached hydrogens (tertiary/aromatic N) is 2. The lowest BCUT2D eigenvalue weighted by Gasteiger charge is -2.03. The van der Waals surface area contributed by atoms with Crippen LogP contribution < -0.4 is 0 Å². The first-order valence-corrected chi connectivity index (χ1v) is 6.58. The van der Waals surface area contributed by atoms with E-state index in [0.29, 0.717) is 5.69 Å². The Morgan fingerprint density at radius 2 is 2.25 bits per heavy atom. The monoisotopic (exact) mass is 250 g/mol. The highest BCUT2D eigenvalue weighted by Crippen LogP contribution is 2.35. The van der Waals surface area contributed by atoms with E-state index >= 15 is 0 Å². The van der Waals surface area contributed by atoms with E-state index in [1.807, 2.05) is 25.4 Å². The molecule has 3 aromatic rings. The molecule has 5 heteroatoms. The Morgan fingerprint density at radius 3 is 2.94 bits per heavy atom. The second-order valence-electron chi connectivity index (χ2n) is 3.61. The second kappa shape index (κ2) is 3.69. The molecule has 0 radical (unpaired) electrons. The Kier molecular flexibility index (Phi) is 2.31. The summed E-state index contributed by atoms with van der Waals surface area (Å²) in [7, 11) is 1.85. The summed E-state index contributed by atoms with van der Waals surface area (Å²) in [5.74, 6) is 0. The SMILES string of the molecule is Cn1ccc(C(O)c2cc3sccc3s2)n1. The zero-order valence-corrected chi connectivity index (χ0v) is 10.3. The van der Waals surface area contributed by atoms with Crippen molar-refractivity contribution < 1.29 is 5.11 Å². The summed E-state index contributed by atoms with van der Waals surface area (Å²) >= 11 is 3.33. The number of aliphatic hydroxyl groups is 1. The lowest BCUT2D eigenvalue weighted by atomic mass is 10.2. The number of hydrogen-bond donors (Lipinski definition) is 1. The van der Waals surface area contributed by atoms with Gasteiger partial charge in [0.25, 0.3) is 0 Å². The van der Waals surface area contributed by atoms with E-state index in [9.17, 15) is 5.11 Å². The van der Waals surface area contributed by atoms with Crippen LogP contribution in [0, 0.1) is 0 Å². The number of fused-ring (bicyclic) bond motifs is 1. The highest BCUT2D eigenvalue weighted by atomic mass is 32.1. The third kappa shape index (κ3) is 1.57. The van der Waals surface area contributed by atoms with Crippen molar-refractivity contribution in [2.24, 2.45) is 7.05 Å². The first-order valence-electron chi connectivity index (χ1n) is 4.88. The minimum absolute atomic E-state index is 0.606. The normalized spacial score (nSPS) is 13.4. The summed E-state index contributed by atoms with van der Waals surface area (Å²) in [6.45, 7) is 0. The van der Waals surface area contributed by atoms with Gasteiger partial charge in [-0.15, -0.1) is 22.7 Å². The molecule has 0 saturated heterocycles. The highest BCUT2D eigenvalue weighted by molar-refractivity contribution is 7.26. The van der Waals surface area contributed by atoms with Crippen LogP contribution in [-0.2, 0) is 7.05 Å². The van der Waals surface area contributed by atoms with E-state index in [2.05, 4.69) is 16.5 Å². The molecular weight excluding hydrogens is 240 g/mol. The van der Waals surface area contributed by atoms with Crippen LogP contribution in [0.4, 0.5) is 0 Å². The van der Waals surface area contributed by atoms with Gasteiger partial charge in [0.2, 0.25) is 0 Å². The number of thiophene rings is 2. The van der Waals surface area contributed by atoms with Crippen molar-refractivity contribution in [1.29, 1.82) is 0 Å². The summed E-state index contributed by atoms with van der Waals surface area (Å²) in [5, 5.41) is 16.4. The van der Waals surface area contributed by atoms with Crippen LogP contribution in [0.2, 0.25) is 0 Å².